The lowest BCUT2D eigenvalue weighted by molar-refractivity contribution is 0.106. The van der Waals surface area contributed by atoms with E-state index in [4.69, 9.17) is 5.73 Å². The van der Waals surface area contributed by atoms with Gasteiger partial charge < -0.3 is 10.8 Å². The van der Waals surface area contributed by atoms with E-state index in [-0.39, 0.29) is 6.10 Å². The maximum absolute atomic E-state index is 9.42. The van der Waals surface area contributed by atoms with Crippen molar-refractivity contribution in [2.75, 3.05) is 6.54 Å². The molecule has 3 unspecified atom stereocenters. The van der Waals surface area contributed by atoms with E-state index in [2.05, 4.69) is 34.6 Å². The predicted molar refractivity (Wildman–Crippen MR) is 57.5 cm³/mol. The summed E-state index contributed by atoms with van der Waals surface area (Å²) in [6.45, 7) is 11.5. The zero-order valence-corrected chi connectivity index (χ0v) is 9.67. The van der Waals surface area contributed by atoms with Crippen LogP contribution in [0.2, 0.25) is 0 Å². The van der Waals surface area contributed by atoms with Gasteiger partial charge in [0.1, 0.15) is 0 Å². The smallest absolute Gasteiger partial charge is 0.0665 e. The van der Waals surface area contributed by atoms with Crippen LogP contribution in [0.15, 0.2) is 0 Å². The van der Waals surface area contributed by atoms with E-state index in [0.717, 1.165) is 6.42 Å². The van der Waals surface area contributed by atoms with Gasteiger partial charge in [-0.2, -0.15) is 0 Å². The van der Waals surface area contributed by atoms with Crippen LogP contribution >= 0.6 is 0 Å². The summed E-state index contributed by atoms with van der Waals surface area (Å²) < 4.78 is 0. The van der Waals surface area contributed by atoms with Crippen molar-refractivity contribution < 1.29 is 5.11 Å². The summed E-state index contributed by atoms with van der Waals surface area (Å²) >= 11 is 0. The molecule has 0 aromatic heterocycles. The summed E-state index contributed by atoms with van der Waals surface area (Å²) in [6, 6.07) is 0. The average molecular weight is 187 g/mol. The minimum Gasteiger partial charge on any atom is -0.392 e. The summed E-state index contributed by atoms with van der Waals surface area (Å²) in [4.78, 5) is 0. The van der Waals surface area contributed by atoms with Gasteiger partial charge in [0.2, 0.25) is 0 Å². The van der Waals surface area contributed by atoms with Crippen LogP contribution in [0.5, 0.6) is 0 Å². The van der Waals surface area contributed by atoms with Crippen molar-refractivity contribution in [3.8, 4) is 0 Å². The Morgan fingerprint density at radius 1 is 1.23 bits per heavy atom. The van der Waals surface area contributed by atoms with Crippen LogP contribution in [0.25, 0.3) is 0 Å². The van der Waals surface area contributed by atoms with Gasteiger partial charge in [-0.25, -0.2) is 0 Å². The van der Waals surface area contributed by atoms with E-state index in [1.807, 2.05) is 0 Å². The first-order chi connectivity index (χ1) is 5.79. The Labute approximate surface area is 82.5 Å². The molecule has 3 N–H and O–H groups in total. The molecule has 0 aromatic carbocycles. The molecule has 0 radical (unpaired) electrons. The van der Waals surface area contributed by atoms with E-state index in [0.29, 0.717) is 23.8 Å². The Hall–Kier alpha value is -0.0800. The first-order valence-corrected chi connectivity index (χ1v) is 5.17. The maximum atomic E-state index is 9.42. The van der Waals surface area contributed by atoms with Gasteiger partial charge in [0.25, 0.3) is 0 Å². The minimum atomic E-state index is -0.334. The Balaban J connectivity index is 4.03. The largest absolute Gasteiger partial charge is 0.392 e. The van der Waals surface area contributed by atoms with Crippen molar-refractivity contribution in [3.05, 3.63) is 0 Å². The van der Waals surface area contributed by atoms with Crippen LogP contribution in [0.4, 0.5) is 0 Å². The van der Waals surface area contributed by atoms with E-state index in [1.165, 1.54) is 0 Å². The molecule has 0 aliphatic rings. The Morgan fingerprint density at radius 2 is 1.69 bits per heavy atom. The van der Waals surface area contributed by atoms with Gasteiger partial charge in [-0.1, -0.05) is 34.6 Å². The summed E-state index contributed by atoms with van der Waals surface area (Å²) in [5.74, 6) is 1.13. The lowest BCUT2D eigenvalue weighted by atomic mass is 9.73. The van der Waals surface area contributed by atoms with Crippen molar-refractivity contribution in [3.63, 3.8) is 0 Å². The average Bonchev–Trinajstić information content (AvgIpc) is 2.01. The van der Waals surface area contributed by atoms with Gasteiger partial charge in [0.15, 0.2) is 0 Å². The molecule has 0 saturated heterocycles. The van der Waals surface area contributed by atoms with Crippen molar-refractivity contribution in [2.45, 2.75) is 47.1 Å². The summed E-state index contributed by atoms with van der Waals surface area (Å²) in [6.07, 6.45) is 0.481. The van der Waals surface area contributed by atoms with Crippen molar-refractivity contribution in [1.82, 2.24) is 0 Å². The zero-order valence-electron chi connectivity index (χ0n) is 9.67. The number of hydrogen-bond acceptors (Lipinski definition) is 2. The molecule has 13 heavy (non-hydrogen) atoms. The molecule has 0 amide bonds. The van der Waals surface area contributed by atoms with Crippen LogP contribution in [0.1, 0.15) is 41.0 Å². The molecule has 2 heteroatoms. The maximum Gasteiger partial charge on any atom is 0.0665 e. The summed E-state index contributed by atoms with van der Waals surface area (Å²) in [5.41, 5.74) is 5.69. The molecule has 0 saturated carbocycles. The minimum absolute atomic E-state index is 0.313. The highest BCUT2D eigenvalue weighted by Crippen LogP contribution is 2.33. The Morgan fingerprint density at radius 3 is 2.00 bits per heavy atom. The highest BCUT2D eigenvalue weighted by atomic mass is 16.3. The van der Waals surface area contributed by atoms with Gasteiger partial charge in [0, 0.05) is 6.54 Å². The first kappa shape index (κ1) is 12.9. The van der Waals surface area contributed by atoms with Crippen LogP contribution in [-0.2, 0) is 0 Å². The fraction of sp³-hybridized carbons (Fsp3) is 1.00. The van der Waals surface area contributed by atoms with E-state index in [1.54, 1.807) is 0 Å². The lowest BCUT2D eigenvalue weighted by Crippen LogP contribution is -2.29. The third kappa shape index (κ3) is 4.63. The lowest BCUT2D eigenvalue weighted by Gasteiger charge is -2.33. The van der Waals surface area contributed by atoms with Gasteiger partial charge >= 0.3 is 0 Å². The molecular weight excluding hydrogens is 162 g/mol. The molecule has 80 valence electrons. The normalized spacial score (nSPS) is 19.6. The van der Waals surface area contributed by atoms with Crippen molar-refractivity contribution in [1.29, 1.82) is 0 Å². The molecule has 0 fully saturated rings. The monoisotopic (exact) mass is 187 g/mol. The fourth-order valence-electron chi connectivity index (χ4n) is 1.58. The number of nitrogens with two attached hydrogens (primary N) is 1. The van der Waals surface area contributed by atoms with Gasteiger partial charge in [0.05, 0.1) is 6.10 Å². The molecule has 0 spiro atoms. The van der Waals surface area contributed by atoms with E-state index < -0.39 is 0 Å². The van der Waals surface area contributed by atoms with E-state index >= 15 is 0 Å². The number of rotatable bonds is 4. The van der Waals surface area contributed by atoms with Gasteiger partial charge in [-0.05, 0) is 23.7 Å². The second-order valence-corrected chi connectivity index (χ2v) is 5.26. The van der Waals surface area contributed by atoms with Gasteiger partial charge in [-0.15, -0.1) is 0 Å². The van der Waals surface area contributed by atoms with Crippen molar-refractivity contribution in [2.24, 2.45) is 23.0 Å². The number of aliphatic hydroxyl groups excluding tert-OH is 1. The SMILES string of the molecule is CC(CC(O)CN)C(C)C(C)(C)C. The standard InChI is InChI=1S/C11H25NO/c1-8(6-10(13)7-12)9(2)11(3,4)5/h8-10,13H,6-7,12H2,1-5H3. The third-order valence-corrected chi connectivity index (χ3v) is 3.14. The molecule has 0 bridgehead atoms. The molecule has 0 aromatic rings. The molecule has 3 atom stereocenters. The number of aliphatic hydroxyl groups is 1. The van der Waals surface area contributed by atoms with Crippen LogP contribution in [0.3, 0.4) is 0 Å². The summed E-state index contributed by atoms with van der Waals surface area (Å²) in [5, 5.41) is 9.42. The highest BCUT2D eigenvalue weighted by Gasteiger charge is 2.26. The molecule has 0 rings (SSSR count). The van der Waals surface area contributed by atoms with Crippen molar-refractivity contribution >= 4 is 0 Å². The second kappa shape index (κ2) is 4.97. The zero-order chi connectivity index (χ0) is 10.6. The predicted octanol–water partition coefficient (Wildman–Crippen LogP) is 2.01. The molecular formula is C11H25NO. The first-order valence-electron chi connectivity index (χ1n) is 5.17. The molecule has 0 aliphatic heterocycles. The van der Waals surface area contributed by atoms with E-state index in [9.17, 15) is 5.11 Å². The van der Waals surface area contributed by atoms with Crippen LogP contribution in [0, 0.1) is 17.3 Å². The fourth-order valence-corrected chi connectivity index (χ4v) is 1.58. The third-order valence-electron chi connectivity index (χ3n) is 3.14. The van der Waals surface area contributed by atoms with Crippen LogP contribution < -0.4 is 5.73 Å². The number of hydrogen-bond donors (Lipinski definition) is 2. The van der Waals surface area contributed by atoms with Gasteiger partial charge in [-0.3, -0.25) is 0 Å². The molecule has 2 nitrogen and oxygen atoms in total. The highest BCUT2D eigenvalue weighted by molar-refractivity contribution is 4.76. The Kier molecular flexibility index (Phi) is 4.93. The summed E-state index contributed by atoms with van der Waals surface area (Å²) in [7, 11) is 0. The quantitative estimate of drug-likeness (QED) is 0.707. The Bertz CT molecular complexity index is 140. The molecule has 0 heterocycles. The van der Waals surface area contributed by atoms with Crippen LogP contribution in [-0.4, -0.2) is 17.8 Å². The molecule has 0 aliphatic carbocycles. The topological polar surface area (TPSA) is 46.2 Å². The second-order valence-electron chi connectivity index (χ2n) is 5.26.